The number of phenols is 1. The number of fused-ring (bicyclic) bond motifs is 1. The molecule has 4 heterocycles. The summed E-state index contributed by atoms with van der Waals surface area (Å²) in [6.45, 7) is 6.61. The zero-order valence-corrected chi connectivity index (χ0v) is 26.3. The minimum absolute atomic E-state index is 0.0265. The molecule has 4 amide bonds. The number of piperidine rings is 2. The van der Waals surface area contributed by atoms with Crippen molar-refractivity contribution in [3.63, 3.8) is 0 Å². The van der Waals surface area contributed by atoms with Crippen LogP contribution in [0.4, 0.5) is 15.3 Å². The van der Waals surface area contributed by atoms with E-state index in [2.05, 4.69) is 22.2 Å². The number of amides is 4. The quantitative estimate of drug-likeness (QED) is 0.512. The molecular weight excluding hydrogens is 572 g/mol. The van der Waals surface area contributed by atoms with Crippen molar-refractivity contribution in [2.24, 2.45) is 0 Å². The molecule has 2 aromatic carbocycles. The molecule has 0 radical (unpaired) electrons. The van der Waals surface area contributed by atoms with Gasteiger partial charge in [0.05, 0.1) is 0 Å². The number of likely N-dealkylation sites (tertiary alicyclic amines) is 2. The van der Waals surface area contributed by atoms with E-state index in [0.29, 0.717) is 51.6 Å². The smallest absolute Gasteiger partial charge is 0.410 e. The van der Waals surface area contributed by atoms with Crippen LogP contribution in [0, 0.1) is 0 Å². The lowest BCUT2D eigenvalue weighted by Crippen LogP contribution is -2.56. The van der Waals surface area contributed by atoms with E-state index in [4.69, 9.17) is 4.74 Å². The van der Waals surface area contributed by atoms with Gasteiger partial charge in [-0.2, -0.15) is 0 Å². The number of aromatic hydroxyl groups is 1. The fourth-order valence-corrected chi connectivity index (χ4v) is 7.19. The Kier molecular flexibility index (Phi) is 9.75. The van der Waals surface area contributed by atoms with Crippen LogP contribution in [0.3, 0.4) is 0 Å². The fraction of sp³-hybridized carbons (Fsp3) is 0.559. The zero-order valence-electron chi connectivity index (χ0n) is 26.3. The maximum atomic E-state index is 13.8. The summed E-state index contributed by atoms with van der Waals surface area (Å²) >= 11 is 0. The van der Waals surface area contributed by atoms with Crippen molar-refractivity contribution in [1.82, 2.24) is 24.5 Å². The van der Waals surface area contributed by atoms with Gasteiger partial charge in [0.1, 0.15) is 5.75 Å². The molecule has 11 nitrogen and oxygen atoms in total. The second-order valence-electron chi connectivity index (χ2n) is 12.9. The van der Waals surface area contributed by atoms with Gasteiger partial charge in [-0.25, -0.2) is 9.59 Å². The standard InChI is InChI=1S/C34H46N6O5/c1-36-15-11-27(12-16-36)37-20-22-38(23-21-37)32(42)31(24-25-6-8-29(41)9-7-25)45-34(44)39-17-13-28(14-18-39)40-19-10-26-4-2-3-5-30(26)35-33(40)43/h2-9,27-28,31,41H,10-24H2,1H3,(H,35,43). The van der Waals surface area contributed by atoms with Gasteiger partial charge in [-0.1, -0.05) is 30.3 Å². The number of carbonyl (C=O) groups excluding carboxylic acids is 3. The molecule has 45 heavy (non-hydrogen) atoms. The lowest BCUT2D eigenvalue weighted by atomic mass is 10.0. The third-order valence-electron chi connectivity index (χ3n) is 10.0. The van der Waals surface area contributed by atoms with E-state index >= 15 is 0 Å². The van der Waals surface area contributed by atoms with Crippen molar-refractivity contribution in [3.8, 4) is 5.75 Å². The van der Waals surface area contributed by atoms with Crippen LogP contribution in [0.2, 0.25) is 0 Å². The Hall–Kier alpha value is -3.83. The summed E-state index contributed by atoms with van der Waals surface area (Å²) in [7, 11) is 2.16. The SMILES string of the molecule is CN1CCC(N2CCN(C(=O)C(Cc3ccc(O)cc3)OC(=O)N3CCC(N4CCc5ccccc5NC4=O)CC3)CC2)CC1. The number of rotatable bonds is 6. The molecule has 2 N–H and O–H groups in total. The van der Waals surface area contributed by atoms with Gasteiger partial charge in [-0.3, -0.25) is 9.69 Å². The van der Waals surface area contributed by atoms with Crippen molar-refractivity contribution in [3.05, 3.63) is 59.7 Å². The molecule has 0 bridgehead atoms. The van der Waals surface area contributed by atoms with E-state index in [1.165, 1.54) is 0 Å². The molecule has 0 aliphatic carbocycles. The highest BCUT2D eigenvalue weighted by molar-refractivity contribution is 5.91. The van der Waals surface area contributed by atoms with Crippen LogP contribution >= 0.6 is 0 Å². The molecule has 0 aromatic heterocycles. The molecule has 3 saturated heterocycles. The number of hydrogen-bond acceptors (Lipinski definition) is 7. The molecule has 0 spiro atoms. The molecule has 6 rings (SSSR count). The van der Waals surface area contributed by atoms with Crippen LogP contribution < -0.4 is 5.32 Å². The largest absolute Gasteiger partial charge is 0.508 e. The molecule has 3 fully saturated rings. The van der Waals surface area contributed by atoms with E-state index in [1.54, 1.807) is 29.2 Å². The van der Waals surface area contributed by atoms with Crippen molar-refractivity contribution in [2.75, 3.05) is 71.3 Å². The summed E-state index contributed by atoms with van der Waals surface area (Å²) in [5.74, 6) is -0.0244. The molecule has 2 aromatic rings. The zero-order chi connectivity index (χ0) is 31.3. The third-order valence-corrected chi connectivity index (χ3v) is 10.0. The van der Waals surface area contributed by atoms with E-state index in [0.717, 1.165) is 62.3 Å². The maximum Gasteiger partial charge on any atom is 0.410 e. The van der Waals surface area contributed by atoms with Gasteiger partial charge in [0.15, 0.2) is 6.10 Å². The molecule has 11 heteroatoms. The first-order chi connectivity index (χ1) is 21.8. The van der Waals surface area contributed by atoms with Gasteiger partial charge in [0.25, 0.3) is 5.91 Å². The van der Waals surface area contributed by atoms with Crippen LogP contribution in [0.25, 0.3) is 0 Å². The summed E-state index contributed by atoms with van der Waals surface area (Å²) in [5, 5.41) is 12.8. The van der Waals surface area contributed by atoms with Gasteiger partial charge < -0.3 is 34.8 Å². The third kappa shape index (κ3) is 7.53. The predicted octanol–water partition coefficient (Wildman–Crippen LogP) is 3.23. The minimum atomic E-state index is -0.954. The van der Waals surface area contributed by atoms with Crippen molar-refractivity contribution in [1.29, 1.82) is 0 Å². The van der Waals surface area contributed by atoms with Gasteiger partial charge in [0, 0.05) is 70.0 Å². The monoisotopic (exact) mass is 618 g/mol. The first kappa shape index (κ1) is 31.2. The minimum Gasteiger partial charge on any atom is -0.508 e. The topological polar surface area (TPSA) is 109 Å². The van der Waals surface area contributed by atoms with E-state index in [1.807, 2.05) is 34.1 Å². The van der Waals surface area contributed by atoms with Gasteiger partial charge in [-0.05, 0) is 81.6 Å². The Balaban J connectivity index is 1.05. The first-order valence-electron chi connectivity index (χ1n) is 16.4. The predicted molar refractivity (Wildman–Crippen MR) is 171 cm³/mol. The van der Waals surface area contributed by atoms with E-state index in [9.17, 15) is 19.5 Å². The Bertz CT molecular complexity index is 1330. The van der Waals surface area contributed by atoms with E-state index < -0.39 is 12.2 Å². The number of nitrogens with zero attached hydrogens (tertiary/aromatic N) is 5. The Morgan fingerprint density at radius 2 is 1.51 bits per heavy atom. The summed E-state index contributed by atoms with van der Waals surface area (Å²) < 4.78 is 5.98. The number of ether oxygens (including phenoxy) is 1. The average Bonchev–Trinajstić information content (AvgIpc) is 3.23. The van der Waals surface area contributed by atoms with Crippen LogP contribution in [-0.2, 0) is 22.4 Å². The Morgan fingerprint density at radius 3 is 2.22 bits per heavy atom. The second-order valence-corrected chi connectivity index (χ2v) is 12.9. The molecule has 0 saturated carbocycles. The number of phenolic OH excluding ortho intramolecular Hbond substituents is 1. The Labute approximate surface area is 265 Å². The lowest BCUT2D eigenvalue weighted by Gasteiger charge is -2.42. The summed E-state index contributed by atoms with van der Waals surface area (Å²) in [6, 6.07) is 15.1. The molecule has 4 aliphatic rings. The number of hydrogen-bond donors (Lipinski definition) is 2. The van der Waals surface area contributed by atoms with Crippen molar-refractivity contribution >= 4 is 23.7 Å². The number of benzene rings is 2. The van der Waals surface area contributed by atoms with Crippen molar-refractivity contribution in [2.45, 2.75) is 56.7 Å². The van der Waals surface area contributed by atoms with Crippen LogP contribution in [0.15, 0.2) is 48.5 Å². The highest BCUT2D eigenvalue weighted by atomic mass is 16.6. The number of para-hydroxylation sites is 1. The highest BCUT2D eigenvalue weighted by Gasteiger charge is 2.36. The first-order valence-corrected chi connectivity index (χ1v) is 16.4. The summed E-state index contributed by atoms with van der Waals surface area (Å²) in [5.41, 5.74) is 2.80. The molecule has 242 valence electrons. The fourth-order valence-electron chi connectivity index (χ4n) is 7.19. The number of urea groups is 1. The lowest BCUT2D eigenvalue weighted by molar-refractivity contribution is -0.143. The Morgan fingerprint density at radius 1 is 0.844 bits per heavy atom. The van der Waals surface area contributed by atoms with Crippen LogP contribution in [0.1, 0.15) is 36.8 Å². The highest BCUT2D eigenvalue weighted by Crippen LogP contribution is 2.25. The van der Waals surface area contributed by atoms with E-state index in [-0.39, 0.29) is 30.2 Å². The second kappa shape index (κ2) is 14.1. The average molecular weight is 619 g/mol. The summed E-state index contributed by atoms with van der Waals surface area (Å²) in [4.78, 5) is 50.6. The molecule has 4 aliphatic heterocycles. The molecule has 1 unspecified atom stereocenters. The molecular formula is C34H46N6O5. The van der Waals surface area contributed by atoms with Crippen molar-refractivity contribution < 1.29 is 24.2 Å². The maximum absolute atomic E-state index is 13.8. The number of anilines is 1. The van der Waals surface area contributed by atoms with Gasteiger partial charge in [-0.15, -0.1) is 0 Å². The number of piperazine rings is 1. The number of carbonyl (C=O) groups is 3. The molecule has 1 atom stereocenters. The van der Waals surface area contributed by atoms with Crippen LogP contribution in [-0.4, -0.2) is 132 Å². The van der Waals surface area contributed by atoms with Gasteiger partial charge in [0.2, 0.25) is 0 Å². The normalized spacial score (nSPS) is 21.5. The van der Waals surface area contributed by atoms with Gasteiger partial charge >= 0.3 is 12.1 Å². The van der Waals surface area contributed by atoms with Crippen LogP contribution in [0.5, 0.6) is 5.75 Å². The number of nitrogens with one attached hydrogen (secondary N) is 1. The summed E-state index contributed by atoms with van der Waals surface area (Å²) in [6.07, 6.45) is 3.17.